The summed E-state index contributed by atoms with van der Waals surface area (Å²) in [6.45, 7) is 3.67. The summed E-state index contributed by atoms with van der Waals surface area (Å²) in [5.41, 5.74) is 8.93. The van der Waals surface area contributed by atoms with E-state index in [1.54, 1.807) is 18.5 Å². The Bertz CT molecular complexity index is 656. The number of nitrogens with zero attached hydrogens (tertiary/aromatic N) is 1. The van der Waals surface area contributed by atoms with Crippen molar-refractivity contribution in [1.82, 2.24) is 26.2 Å². The third kappa shape index (κ3) is 6.71. The first kappa shape index (κ1) is 22.7. The van der Waals surface area contributed by atoms with Gasteiger partial charge in [0.2, 0.25) is 0 Å². The standard InChI is InChI=1S/C20H34N6O/c1-6-10-26(5)19(24-4)18(14-23-3)25-20(27)16-9-7-8-15(11-16)17(12-21)13-22-2/h7-9,11-12,14,19,22-24H,6,10,13,21H2,1-5H3,(H,25,27)/b17-12+,18-14+. The predicted molar refractivity (Wildman–Crippen MR) is 113 cm³/mol. The second-order valence-electron chi connectivity index (χ2n) is 6.32. The van der Waals surface area contributed by atoms with Gasteiger partial charge in [0.05, 0.1) is 5.70 Å². The number of nitrogens with one attached hydrogen (secondary N) is 4. The first-order valence-corrected chi connectivity index (χ1v) is 9.24. The van der Waals surface area contributed by atoms with E-state index in [0.29, 0.717) is 12.1 Å². The van der Waals surface area contributed by atoms with E-state index in [4.69, 9.17) is 5.73 Å². The van der Waals surface area contributed by atoms with E-state index in [2.05, 4.69) is 33.1 Å². The maximum absolute atomic E-state index is 12.9. The van der Waals surface area contributed by atoms with Crippen LogP contribution in [-0.4, -0.2) is 58.3 Å². The van der Waals surface area contributed by atoms with Gasteiger partial charge in [0.25, 0.3) is 5.91 Å². The normalized spacial score (nSPS) is 13.6. The minimum absolute atomic E-state index is 0.103. The Morgan fingerprint density at radius 3 is 2.52 bits per heavy atom. The average Bonchev–Trinajstić information content (AvgIpc) is 2.67. The van der Waals surface area contributed by atoms with Crippen LogP contribution in [0.2, 0.25) is 0 Å². The summed E-state index contributed by atoms with van der Waals surface area (Å²) < 4.78 is 0. The molecule has 0 saturated carbocycles. The van der Waals surface area contributed by atoms with Crippen molar-refractivity contribution in [2.24, 2.45) is 5.73 Å². The van der Waals surface area contributed by atoms with Gasteiger partial charge < -0.3 is 21.7 Å². The van der Waals surface area contributed by atoms with E-state index < -0.39 is 0 Å². The summed E-state index contributed by atoms with van der Waals surface area (Å²) in [5, 5.41) is 12.4. The Morgan fingerprint density at radius 2 is 1.96 bits per heavy atom. The fourth-order valence-corrected chi connectivity index (χ4v) is 2.95. The number of benzene rings is 1. The van der Waals surface area contributed by atoms with Crippen LogP contribution in [0.25, 0.3) is 5.57 Å². The molecule has 0 aliphatic carbocycles. The molecule has 1 atom stereocenters. The van der Waals surface area contributed by atoms with Crippen LogP contribution >= 0.6 is 0 Å². The van der Waals surface area contributed by atoms with Crippen molar-refractivity contribution in [2.45, 2.75) is 19.5 Å². The minimum atomic E-state index is -0.163. The molecule has 6 N–H and O–H groups in total. The van der Waals surface area contributed by atoms with Gasteiger partial charge in [0.1, 0.15) is 6.17 Å². The summed E-state index contributed by atoms with van der Waals surface area (Å²) in [6.07, 6.45) is 4.29. The lowest BCUT2D eigenvalue weighted by Crippen LogP contribution is -2.48. The van der Waals surface area contributed by atoms with Crippen LogP contribution < -0.4 is 27.0 Å². The molecule has 1 amide bonds. The van der Waals surface area contributed by atoms with Gasteiger partial charge in [-0.05, 0) is 63.6 Å². The number of carbonyl (C=O) groups excluding carboxylic acids is 1. The molecule has 7 nitrogen and oxygen atoms in total. The van der Waals surface area contributed by atoms with E-state index in [-0.39, 0.29) is 12.1 Å². The van der Waals surface area contributed by atoms with Crippen LogP contribution in [-0.2, 0) is 0 Å². The number of likely N-dealkylation sites (N-methyl/N-ethyl adjacent to an activating group) is 3. The molecule has 0 spiro atoms. The SMILES string of the molecule is CCCN(C)C(NC)/C(=C\NC)NC(=O)c1cccc(/C(=C/N)CNC)c1. The van der Waals surface area contributed by atoms with Gasteiger partial charge in [-0.2, -0.15) is 0 Å². The highest BCUT2D eigenvalue weighted by Gasteiger charge is 2.20. The van der Waals surface area contributed by atoms with Crippen molar-refractivity contribution >= 4 is 11.5 Å². The largest absolute Gasteiger partial charge is 0.404 e. The number of carbonyl (C=O) groups is 1. The smallest absolute Gasteiger partial charge is 0.255 e. The molecule has 0 heterocycles. The predicted octanol–water partition coefficient (Wildman–Crippen LogP) is 0.884. The molecule has 0 saturated heterocycles. The Labute approximate surface area is 163 Å². The molecule has 1 aromatic rings. The van der Waals surface area contributed by atoms with Crippen molar-refractivity contribution in [2.75, 3.05) is 41.3 Å². The Kier molecular flexibility index (Phi) is 10.2. The molecule has 7 heteroatoms. The van der Waals surface area contributed by atoms with Crippen molar-refractivity contribution in [3.8, 4) is 0 Å². The molecule has 27 heavy (non-hydrogen) atoms. The lowest BCUT2D eigenvalue weighted by molar-refractivity contribution is 0.0954. The third-order valence-corrected chi connectivity index (χ3v) is 4.21. The minimum Gasteiger partial charge on any atom is -0.404 e. The monoisotopic (exact) mass is 374 g/mol. The first-order valence-electron chi connectivity index (χ1n) is 9.24. The summed E-state index contributed by atoms with van der Waals surface area (Å²) in [6, 6.07) is 7.46. The zero-order valence-electron chi connectivity index (χ0n) is 17.1. The number of amides is 1. The second-order valence-corrected chi connectivity index (χ2v) is 6.32. The highest BCUT2D eigenvalue weighted by molar-refractivity contribution is 5.96. The third-order valence-electron chi connectivity index (χ3n) is 4.21. The maximum atomic E-state index is 12.9. The number of nitrogens with two attached hydrogens (primary N) is 1. The molecule has 0 bridgehead atoms. The lowest BCUT2D eigenvalue weighted by Gasteiger charge is -2.29. The van der Waals surface area contributed by atoms with Gasteiger partial charge in [-0.25, -0.2) is 0 Å². The second kappa shape index (κ2) is 12.1. The van der Waals surface area contributed by atoms with Gasteiger partial charge >= 0.3 is 0 Å². The fourth-order valence-electron chi connectivity index (χ4n) is 2.95. The Balaban J connectivity index is 3.05. The summed E-state index contributed by atoms with van der Waals surface area (Å²) >= 11 is 0. The molecule has 150 valence electrons. The molecule has 0 aliphatic heterocycles. The van der Waals surface area contributed by atoms with Crippen LogP contribution in [0.4, 0.5) is 0 Å². The molecular weight excluding hydrogens is 340 g/mol. The van der Waals surface area contributed by atoms with Crippen LogP contribution in [0.15, 0.2) is 42.4 Å². The van der Waals surface area contributed by atoms with Gasteiger partial charge in [-0.15, -0.1) is 0 Å². The highest BCUT2D eigenvalue weighted by Crippen LogP contribution is 2.15. The van der Waals surface area contributed by atoms with Crippen molar-refractivity contribution in [3.63, 3.8) is 0 Å². The first-order chi connectivity index (χ1) is 13.0. The zero-order chi connectivity index (χ0) is 20.2. The fraction of sp³-hybridized carbons (Fsp3) is 0.450. The van der Waals surface area contributed by atoms with Gasteiger partial charge in [0, 0.05) is 25.4 Å². The molecule has 0 aromatic heterocycles. The zero-order valence-corrected chi connectivity index (χ0v) is 17.1. The summed E-state index contributed by atoms with van der Waals surface area (Å²) in [4.78, 5) is 15.0. The molecule has 0 aliphatic rings. The van der Waals surface area contributed by atoms with Crippen molar-refractivity contribution < 1.29 is 4.79 Å². The van der Waals surface area contributed by atoms with E-state index in [0.717, 1.165) is 29.8 Å². The lowest BCUT2D eigenvalue weighted by atomic mass is 10.0. The molecule has 1 rings (SSSR count). The number of hydrogen-bond acceptors (Lipinski definition) is 6. The molecular formula is C20H34N6O. The van der Waals surface area contributed by atoms with Crippen molar-refractivity contribution in [1.29, 1.82) is 0 Å². The Morgan fingerprint density at radius 1 is 1.26 bits per heavy atom. The molecule has 1 aromatic carbocycles. The molecule has 0 fully saturated rings. The molecule has 1 unspecified atom stereocenters. The van der Waals surface area contributed by atoms with Crippen LogP contribution in [0.5, 0.6) is 0 Å². The Hall–Kier alpha value is -2.35. The van der Waals surface area contributed by atoms with E-state index in [1.165, 1.54) is 0 Å². The van der Waals surface area contributed by atoms with Gasteiger partial charge in [0.15, 0.2) is 0 Å². The van der Waals surface area contributed by atoms with E-state index >= 15 is 0 Å². The van der Waals surface area contributed by atoms with Gasteiger partial charge in [-0.3, -0.25) is 15.0 Å². The van der Waals surface area contributed by atoms with Crippen molar-refractivity contribution in [3.05, 3.63) is 53.5 Å². The maximum Gasteiger partial charge on any atom is 0.255 e. The van der Waals surface area contributed by atoms with E-state index in [1.807, 2.05) is 46.4 Å². The number of rotatable bonds is 11. The van der Waals surface area contributed by atoms with Crippen LogP contribution in [0.3, 0.4) is 0 Å². The average molecular weight is 375 g/mol. The highest BCUT2D eigenvalue weighted by atomic mass is 16.1. The van der Waals surface area contributed by atoms with Crippen LogP contribution in [0.1, 0.15) is 29.3 Å². The van der Waals surface area contributed by atoms with Crippen LogP contribution in [0, 0.1) is 0 Å². The topological polar surface area (TPSA) is 94.5 Å². The van der Waals surface area contributed by atoms with Gasteiger partial charge in [-0.1, -0.05) is 19.1 Å². The quantitative estimate of drug-likeness (QED) is 0.369. The summed E-state index contributed by atoms with van der Waals surface area (Å²) in [5.74, 6) is -0.163. The molecule has 0 radical (unpaired) electrons. The summed E-state index contributed by atoms with van der Waals surface area (Å²) in [7, 11) is 7.58. The number of hydrogen-bond donors (Lipinski definition) is 5. The van der Waals surface area contributed by atoms with E-state index in [9.17, 15) is 4.79 Å².